The number of nitrogens with zero attached hydrogens (tertiary/aromatic N) is 2. The van der Waals surface area contributed by atoms with E-state index in [1.807, 2.05) is 37.3 Å². The molecular formula is C35H31Cl2N3O6. The van der Waals surface area contributed by atoms with Gasteiger partial charge in [-0.3, -0.25) is 15.1 Å². The first-order chi connectivity index (χ1) is 22.2. The number of fused-ring (bicyclic) bond motifs is 3. The first-order valence-corrected chi connectivity index (χ1v) is 15.6. The van der Waals surface area contributed by atoms with Crippen molar-refractivity contribution in [3.8, 4) is 0 Å². The van der Waals surface area contributed by atoms with Crippen molar-refractivity contribution in [1.82, 2.24) is 15.2 Å². The number of ether oxygens (including phenoxy) is 2. The van der Waals surface area contributed by atoms with Gasteiger partial charge in [-0.05, 0) is 36.1 Å². The Bertz CT molecular complexity index is 1830. The summed E-state index contributed by atoms with van der Waals surface area (Å²) in [5, 5.41) is 15.6. The maximum atomic E-state index is 13.3. The monoisotopic (exact) mass is 659 g/mol. The van der Waals surface area contributed by atoms with Crippen LogP contribution in [0.15, 0.2) is 84.9 Å². The Balaban J connectivity index is 1.48. The summed E-state index contributed by atoms with van der Waals surface area (Å²) in [5.74, 6) is -4.03. The summed E-state index contributed by atoms with van der Waals surface area (Å²) in [4.78, 5) is 46.2. The molecule has 2 N–H and O–H groups in total. The van der Waals surface area contributed by atoms with Crippen LogP contribution in [0.25, 0.3) is 10.9 Å². The van der Waals surface area contributed by atoms with Crippen molar-refractivity contribution in [2.45, 2.75) is 44.4 Å². The van der Waals surface area contributed by atoms with Gasteiger partial charge in [-0.2, -0.15) is 0 Å². The highest BCUT2D eigenvalue weighted by Gasteiger charge is 2.55. The van der Waals surface area contributed by atoms with Crippen LogP contribution < -0.4 is 5.32 Å². The van der Waals surface area contributed by atoms with Crippen molar-refractivity contribution < 1.29 is 29.0 Å². The zero-order chi connectivity index (χ0) is 32.4. The van der Waals surface area contributed by atoms with E-state index in [9.17, 15) is 19.5 Å². The van der Waals surface area contributed by atoms with E-state index in [0.717, 1.165) is 17.7 Å². The molecular weight excluding hydrogens is 629 g/mol. The molecule has 9 nitrogen and oxygen atoms in total. The number of halogens is 2. The molecule has 46 heavy (non-hydrogen) atoms. The Morgan fingerprint density at radius 3 is 2.39 bits per heavy atom. The molecule has 2 unspecified atom stereocenters. The van der Waals surface area contributed by atoms with Crippen molar-refractivity contribution in [2.24, 2.45) is 0 Å². The van der Waals surface area contributed by atoms with Crippen LogP contribution >= 0.6 is 23.2 Å². The number of benzene rings is 3. The molecule has 0 fully saturated rings. The van der Waals surface area contributed by atoms with Gasteiger partial charge >= 0.3 is 17.8 Å². The zero-order valence-electron chi connectivity index (χ0n) is 24.9. The minimum atomic E-state index is -2.11. The minimum Gasteiger partial charge on any atom is -0.401 e. The number of pyridine rings is 1. The molecule has 6 rings (SSSR count). The van der Waals surface area contributed by atoms with E-state index in [4.69, 9.17) is 37.7 Å². The number of hydrogen-bond donors (Lipinski definition) is 2. The van der Waals surface area contributed by atoms with Crippen molar-refractivity contribution in [2.75, 3.05) is 13.1 Å². The molecule has 0 radical (unpaired) electrons. The fraction of sp³-hybridized carbons (Fsp3) is 0.257. The molecule has 0 saturated carbocycles. The lowest BCUT2D eigenvalue weighted by Gasteiger charge is -2.48. The first kappa shape index (κ1) is 31.8. The molecule has 0 saturated heterocycles. The van der Waals surface area contributed by atoms with E-state index >= 15 is 0 Å². The maximum Gasteiger partial charge on any atom is 0.352 e. The fourth-order valence-electron chi connectivity index (χ4n) is 6.20. The quantitative estimate of drug-likeness (QED) is 0.174. The second-order valence-electron chi connectivity index (χ2n) is 11.3. The van der Waals surface area contributed by atoms with E-state index in [2.05, 4.69) is 5.32 Å². The number of hydrogen-bond acceptors (Lipinski definition) is 9. The van der Waals surface area contributed by atoms with Gasteiger partial charge in [-0.1, -0.05) is 84.7 Å². The number of aliphatic hydroxyl groups excluding tert-OH is 1. The molecule has 2 aliphatic heterocycles. The average Bonchev–Trinajstić information content (AvgIpc) is 3.21. The summed E-state index contributed by atoms with van der Waals surface area (Å²) >= 11 is 12.6. The van der Waals surface area contributed by atoms with E-state index < -0.39 is 30.6 Å². The van der Waals surface area contributed by atoms with Gasteiger partial charge in [0.25, 0.3) is 0 Å². The molecule has 3 aromatic carbocycles. The Kier molecular flexibility index (Phi) is 9.22. The molecule has 236 valence electrons. The molecule has 0 aliphatic carbocycles. The molecule has 1 aromatic heterocycles. The fourth-order valence-corrected chi connectivity index (χ4v) is 6.50. The van der Waals surface area contributed by atoms with Crippen LogP contribution in [0.1, 0.15) is 52.0 Å². The van der Waals surface area contributed by atoms with Gasteiger partial charge in [0.1, 0.15) is 0 Å². The second kappa shape index (κ2) is 13.3. The third kappa shape index (κ3) is 6.17. The van der Waals surface area contributed by atoms with Crippen LogP contribution in [0.5, 0.6) is 0 Å². The highest BCUT2D eigenvalue weighted by molar-refractivity contribution is 6.42. The minimum absolute atomic E-state index is 0.0643. The van der Waals surface area contributed by atoms with Crippen LogP contribution in [0, 0.1) is 0 Å². The number of nitrogens with one attached hydrogen (secondary N) is 1. The SMILES string of the molecule is CC(CC(NCC(=O)c1ccccc1)N1CCc2nc3ccccc3c(CO)c2C12OC(=O)C=CC(=O)O2)c1ccc(Cl)c(Cl)c1. The molecule has 11 heteroatoms. The van der Waals surface area contributed by atoms with E-state index in [-0.39, 0.29) is 30.4 Å². The van der Waals surface area contributed by atoms with Gasteiger partial charge < -0.3 is 14.6 Å². The molecule has 0 bridgehead atoms. The van der Waals surface area contributed by atoms with E-state index in [1.54, 1.807) is 47.4 Å². The Morgan fingerprint density at radius 2 is 1.70 bits per heavy atom. The summed E-state index contributed by atoms with van der Waals surface area (Å²) < 4.78 is 12.2. The van der Waals surface area contributed by atoms with Gasteiger partial charge in [0, 0.05) is 41.6 Å². The number of carbonyl (C=O) groups excluding carboxylic acids is 3. The molecule has 2 aliphatic rings. The van der Waals surface area contributed by atoms with Gasteiger partial charge in [-0.25, -0.2) is 14.5 Å². The van der Waals surface area contributed by atoms with Gasteiger partial charge in [0.05, 0.1) is 46.1 Å². The summed E-state index contributed by atoms with van der Waals surface area (Å²) in [6.45, 7) is 1.73. The van der Waals surface area contributed by atoms with Crippen LogP contribution in [-0.4, -0.2) is 52.0 Å². The Morgan fingerprint density at radius 1 is 1.00 bits per heavy atom. The normalized spacial score (nSPS) is 17.2. The number of para-hydroxylation sites is 1. The molecule has 3 heterocycles. The predicted octanol–water partition coefficient (Wildman–Crippen LogP) is 5.65. The Labute approximate surface area is 275 Å². The van der Waals surface area contributed by atoms with Gasteiger partial charge in [-0.15, -0.1) is 0 Å². The standard InChI is InChI=1S/C35H31Cl2N3O6/c1-21(23-11-12-26(36)27(37)18-23)17-31(38-19-30(42)22-7-3-2-4-8-22)40-16-15-29-34(35(40)45-32(43)13-14-33(44)46-35)25(20-41)24-9-5-6-10-28(24)39-29/h2-14,18,21,31,38,41H,15-17,19-20H2,1H3. The summed E-state index contributed by atoms with van der Waals surface area (Å²) in [6, 6.07) is 21.6. The highest BCUT2D eigenvalue weighted by Crippen LogP contribution is 2.45. The summed E-state index contributed by atoms with van der Waals surface area (Å²) in [7, 11) is 0. The number of rotatable bonds is 9. The van der Waals surface area contributed by atoms with Crippen molar-refractivity contribution in [1.29, 1.82) is 0 Å². The maximum absolute atomic E-state index is 13.3. The van der Waals surface area contributed by atoms with Crippen LogP contribution in [-0.2, 0) is 38.0 Å². The number of aliphatic hydroxyl groups is 1. The molecule has 2 atom stereocenters. The lowest BCUT2D eigenvalue weighted by molar-refractivity contribution is -0.307. The molecule has 0 amide bonds. The van der Waals surface area contributed by atoms with Crippen molar-refractivity contribution in [3.05, 3.63) is 123 Å². The lowest BCUT2D eigenvalue weighted by Crippen LogP contribution is -2.63. The van der Waals surface area contributed by atoms with Crippen molar-refractivity contribution in [3.63, 3.8) is 0 Å². The Hall–Kier alpha value is -4.12. The topological polar surface area (TPSA) is 118 Å². The van der Waals surface area contributed by atoms with Gasteiger partial charge in [0.15, 0.2) is 5.78 Å². The molecule has 1 spiro atoms. The second-order valence-corrected chi connectivity index (χ2v) is 12.1. The lowest BCUT2D eigenvalue weighted by atomic mass is 9.90. The van der Waals surface area contributed by atoms with E-state index in [0.29, 0.717) is 50.6 Å². The van der Waals surface area contributed by atoms with Crippen molar-refractivity contribution >= 4 is 51.8 Å². The number of aromatic nitrogens is 1. The van der Waals surface area contributed by atoms with Crippen LogP contribution in [0.3, 0.4) is 0 Å². The first-order valence-electron chi connectivity index (χ1n) is 14.9. The third-order valence-electron chi connectivity index (χ3n) is 8.41. The average molecular weight is 661 g/mol. The molecule has 4 aromatic rings. The summed E-state index contributed by atoms with van der Waals surface area (Å²) in [6.07, 6.45) is 2.08. The highest BCUT2D eigenvalue weighted by atomic mass is 35.5. The third-order valence-corrected chi connectivity index (χ3v) is 9.15. The van der Waals surface area contributed by atoms with Crippen LogP contribution in [0.4, 0.5) is 0 Å². The van der Waals surface area contributed by atoms with Crippen LogP contribution in [0.2, 0.25) is 10.0 Å². The smallest absolute Gasteiger partial charge is 0.352 e. The predicted molar refractivity (Wildman–Crippen MR) is 173 cm³/mol. The largest absolute Gasteiger partial charge is 0.401 e. The number of carbonyl (C=O) groups is 3. The zero-order valence-corrected chi connectivity index (χ0v) is 26.4. The number of ketones is 1. The number of esters is 2. The summed E-state index contributed by atoms with van der Waals surface area (Å²) in [5.41, 5.74) is 3.30. The number of Topliss-reactive ketones (excluding diaryl/α,β-unsaturated/α-hetero) is 1. The van der Waals surface area contributed by atoms with Gasteiger partial charge in [0.2, 0.25) is 0 Å². The van der Waals surface area contributed by atoms with E-state index in [1.165, 1.54) is 0 Å².